The minimum absolute atomic E-state index is 0.157. The fourth-order valence-corrected chi connectivity index (χ4v) is 1.38. The van der Waals surface area contributed by atoms with Crippen molar-refractivity contribution < 1.29 is 9.50 Å². The van der Waals surface area contributed by atoms with Gasteiger partial charge in [0.1, 0.15) is 5.82 Å². The number of halogens is 1. The van der Waals surface area contributed by atoms with Crippen LogP contribution in [0.5, 0.6) is 0 Å². The van der Waals surface area contributed by atoms with Gasteiger partial charge in [-0.1, -0.05) is 26.0 Å². The molecule has 15 heavy (non-hydrogen) atoms. The number of aliphatic hydroxyl groups excluding tert-OH is 1. The van der Waals surface area contributed by atoms with E-state index < -0.39 is 6.10 Å². The van der Waals surface area contributed by atoms with Crippen LogP contribution in [0.4, 0.5) is 4.39 Å². The first-order valence-electron chi connectivity index (χ1n) is 5.13. The van der Waals surface area contributed by atoms with Crippen molar-refractivity contribution in [3.05, 3.63) is 35.1 Å². The molecule has 0 saturated heterocycles. The standard InChI is InChI=1S/C12H18FNO/c1-7(2)11(14)12(15)9-5-4-8(3)10(13)6-9/h4-7,11-12,15H,14H2,1-3H3. The average Bonchev–Trinajstić information content (AvgIpc) is 2.19. The summed E-state index contributed by atoms with van der Waals surface area (Å²) in [5, 5.41) is 9.88. The number of benzene rings is 1. The lowest BCUT2D eigenvalue weighted by Gasteiger charge is -2.22. The number of hydrogen-bond acceptors (Lipinski definition) is 2. The molecule has 3 heteroatoms. The van der Waals surface area contributed by atoms with Crippen molar-refractivity contribution in [2.45, 2.75) is 32.9 Å². The molecular weight excluding hydrogens is 193 g/mol. The maximum absolute atomic E-state index is 13.3. The molecule has 0 amide bonds. The second kappa shape index (κ2) is 4.73. The molecule has 1 aromatic rings. The highest BCUT2D eigenvalue weighted by atomic mass is 19.1. The molecule has 0 bridgehead atoms. The predicted molar refractivity (Wildman–Crippen MR) is 58.9 cm³/mol. The van der Waals surface area contributed by atoms with Crippen molar-refractivity contribution in [2.75, 3.05) is 0 Å². The van der Waals surface area contributed by atoms with Gasteiger partial charge in [0.2, 0.25) is 0 Å². The van der Waals surface area contributed by atoms with Gasteiger partial charge in [-0.15, -0.1) is 0 Å². The topological polar surface area (TPSA) is 46.2 Å². The van der Waals surface area contributed by atoms with Crippen LogP contribution in [0, 0.1) is 18.7 Å². The van der Waals surface area contributed by atoms with Gasteiger partial charge in [-0.2, -0.15) is 0 Å². The molecule has 0 aliphatic carbocycles. The third-order valence-corrected chi connectivity index (χ3v) is 2.67. The third-order valence-electron chi connectivity index (χ3n) is 2.67. The first-order valence-corrected chi connectivity index (χ1v) is 5.13. The smallest absolute Gasteiger partial charge is 0.126 e. The van der Waals surface area contributed by atoms with Crippen molar-refractivity contribution in [1.82, 2.24) is 0 Å². The van der Waals surface area contributed by atoms with Crippen LogP contribution >= 0.6 is 0 Å². The van der Waals surface area contributed by atoms with Crippen LogP contribution in [0.2, 0.25) is 0 Å². The molecule has 0 fully saturated rings. The molecule has 0 saturated carbocycles. The van der Waals surface area contributed by atoms with E-state index in [9.17, 15) is 9.50 Å². The highest BCUT2D eigenvalue weighted by molar-refractivity contribution is 5.25. The minimum Gasteiger partial charge on any atom is -0.387 e. The Morgan fingerprint density at radius 1 is 1.33 bits per heavy atom. The Morgan fingerprint density at radius 3 is 2.40 bits per heavy atom. The van der Waals surface area contributed by atoms with Crippen molar-refractivity contribution in [1.29, 1.82) is 0 Å². The molecule has 84 valence electrons. The van der Waals surface area contributed by atoms with Crippen molar-refractivity contribution in [3.8, 4) is 0 Å². The summed E-state index contributed by atoms with van der Waals surface area (Å²) in [6.45, 7) is 5.55. The van der Waals surface area contributed by atoms with Gasteiger partial charge < -0.3 is 10.8 Å². The Labute approximate surface area is 89.9 Å². The number of aliphatic hydroxyl groups is 1. The second-order valence-corrected chi connectivity index (χ2v) is 4.27. The van der Waals surface area contributed by atoms with E-state index in [1.807, 2.05) is 13.8 Å². The molecule has 1 aromatic carbocycles. The number of hydrogen-bond donors (Lipinski definition) is 2. The van der Waals surface area contributed by atoms with E-state index in [4.69, 9.17) is 5.73 Å². The van der Waals surface area contributed by atoms with E-state index in [-0.39, 0.29) is 17.8 Å². The van der Waals surface area contributed by atoms with Crippen molar-refractivity contribution >= 4 is 0 Å². The van der Waals surface area contributed by atoms with Gasteiger partial charge in [-0.3, -0.25) is 0 Å². The highest BCUT2D eigenvalue weighted by Crippen LogP contribution is 2.21. The summed E-state index contributed by atoms with van der Waals surface area (Å²) in [4.78, 5) is 0. The highest BCUT2D eigenvalue weighted by Gasteiger charge is 2.20. The summed E-state index contributed by atoms with van der Waals surface area (Å²) in [5.41, 5.74) is 6.92. The summed E-state index contributed by atoms with van der Waals surface area (Å²) in [7, 11) is 0. The molecule has 2 nitrogen and oxygen atoms in total. The third kappa shape index (κ3) is 2.76. The number of nitrogens with two attached hydrogens (primary N) is 1. The SMILES string of the molecule is Cc1ccc(C(O)C(N)C(C)C)cc1F. The molecule has 0 aliphatic rings. The lowest BCUT2D eigenvalue weighted by Crippen LogP contribution is -2.33. The quantitative estimate of drug-likeness (QED) is 0.804. The van der Waals surface area contributed by atoms with Gasteiger partial charge in [0.15, 0.2) is 0 Å². The van der Waals surface area contributed by atoms with Crippen LogP contribution in [0.25, 0.3) is 0 Å². The number of rotatable bonds is 3. The zero-order valence-corrected chi connectivity index (χ0v) is 9.37. The predicted octanol–water partition coefficient (Wildman–Crippen LogP) is 2.15. The lowest BCUT2D eigenvalue weighted by atomic mass is 9.94. The zero-order chi connectivity index (χ0) is 11.6. The molecule has 0 radical (unpaired) electrons. The molecule has 0 heterocycles. The summed E-state index contributed by atoms with van der Waals surface area (Å²) in [6, 6.07) is 4.35. The van der Waals surface area contributed by atoms with Gasteiger partial charge in [0.05, 0.1) is 6.10 Å². The normalized spacial score (nSPS) is 15.4. The molecule has 2 unspecified atom stereocenters. The molecule has 3 N–H and O–H groups in total. The fourth-order valence-electron chi connectivity index (χ4n) is 1.38. The molecule has 0 aromatic heterocycles. The Hall–Kier alpha value is -0.930. The molecular formula is C12H18FNO. The first kappa shape index (κ1) is 12.1. The maximum atomic E-state index is 13.3. The van der Waals surface area contributed by atoms with Crippen LogP contribution in [-0.4, -0.2) is 11.1 Å². The fraction of sp³-hybridized carbons (Fsp3) is 0.500. The van der Waals surface area contributed by atoms with Crippen LogP contribution in [0.15, 0.2) is 18.2 Å². The van der Waals surface area contributed by atoms with E-state index >= 15 is 0 Å². The van der Waals surface area contributed by atoms with Crippen molar-refractivity contribution in [2.24, 2.45) is 11.7 Å². The summed E-state index contributed by atoms with van der Waals surface area (Å²) in [6.07, 6.45) is -0.805. The van der Waals surface area contributed by atoms with Gasteiger partial charge in [0.25, 0.3) is 0 Å². The van der Waals surface area contributed by atoms with E-state index in [2.05, 4.69) is 0 Å². The molecule has 0 spiro atoms. The molecule has 2 atom stereocenters. The Balaban J connectivity index is 2.91. The van der Waals surface area contributed by atoms with E-state index in [0.717, 1.165) is 0 Å². The monoisotopic (exact) mass is 211 g/mol. The zero-order valence-electron chi connectivity index (χ0n) is 9.37. The minimum atomic E-state index is -0.805. The van der Waals surface area contributed by atoms with Crippen LogP contribution in [-0.2, 0) is 0 Å². The Morgan fingerprint density at radius 2 is 1.93 bits per heavy atom. The largest absolute Gasteiger partial charge is 0.387 e. The summed E-state index contributed by atoms with van der Waals surface area (Å²) >= 11 is 0. The van der Waals surface area contributed by atoms with Gasteiger partial charge in [-0.05, 0) is 30.0 Å². The Bertz CT molecular complexity index is 338. The Kier molecular flexibility index (Phi) is 3.83. The molecule has 0 aliphatic heterocycles. The summed E-state index contributed by atoms with van der Waals surface area (Å²) < 4.78 is 13.3. The van der Waals surface area contributed by atoms with E-state index in [0.29, 0.717) is 11.1 Å². The van der Waals surface area contributed by atoms with E-state index in [1.54, 1.807) is 19.1 Å². The van der Waals surface area contributed by atoms with Crippen LogP contribution < -0.4 is 5.73 Å². The van der Waals surface area contributed by atoms with Gasteiger partial charge in [-0.25, -0.2) is 4.39 Å². The van der Waals surface area contributed by atoms with Gasteiger partial charge >= 0.3 is 0 Å². The maximum Gasteiger partial charge on any atom is 0.126 e. The van der Waals surface area contributed by atoms with Crippen molar-refractivity contribution in [3.63, 3.8) is 0 Å². The second-order valence-electron chi connectivity index (χ2n) is 4.27. The number of aryl methyl sites for hydroxylation is 1. The first-order chi connectivity index (χ1) is 6.93. The summed E-state index contributed by atoms with van der Waals surface area (Å²) in [5.74, 6) is -0.146. The van der Waals surface area contributed by atoms with E-state index in [1.165, 1.54) is 6.07 Å². The average molecular weight is 211 g/mol. The van der Waals surface area contributed by atoms with Crippen LogP contribution in [0.1, 0.15) is 31.1 Å². The molecule has 1 rings (SSSR count). The van der Waals surface area contributed by atoms with Crippen LogP contribution in [0.3, 0.4) is 0 Å². The van der Waals surface area contributed by atoms with Gasteiger partial charge in [0, 0.05) is 6.04 Å². The lowest BCUT2D eigenvalue weighted by molar-refractivity contribution is 0.125.